The number of carbonyl (C=O) groups excluding carboxylic acids is 2. The highest BCUT2D eigenvalue weighted by Gasteiger charge is 2.12. The van der Waals surface area contributed by atoms with Crippen LogP contribution in [0.2, 0.25) is 0 Å². The van der Waals surface area contributed by atoms with E-state index in [1.165, 1.54) is 0 Å². The third kappa shape index (κ3) is 5.61. The Morgan fingerprint density at radius 1 is 1.12 bits per heavy atom. The maximum absolute atomic E-state index is 13.4. The second kappa shape index (κ2) is 8.65. The van der Waals surface area contributed by atoms with Gasteiger partial charge in [-0.05, 0) is 18.6 Å². The number of nitrogen functional groups attached to an aromatic ring is 2. The molecule has 0 fully saturated rings. The molecule has 0 spiro atoms. The van der Waals surface area contributed by atoms with Crippen LogP contribution in [0, 0.1) is 11.6 Å². The fourth-order valence-electron chi connectivity index (χ4n) is 1.94. The Morgan fingerprint density at radius 2 is 1.81 bits per heavy atom. The summed E-state index contributed by atoms with van der Waals surface area (Å²) in [6.07, 6.45) is 0.261. The molecule has 0 atom stereocenters. The number of rotatable bonds is 7. The first kappa shape index (κ1) is 19.0. The Morgan fingerprint density at radius 3 is 2.46 bits per heavy atom. The van der Waals surface area contributed by atoms with Crippen molar-refractivity contribution in [1.82, 2.24) is 20.3 Å². The minimum absolute atomic E-state index is 0.00221. The smallest absolute Gasteiger partial charge is 0.306 e. The van der Waals surface area contributed by atoms with Crippen molar-refractivity contribution in [1.29, 1.82) is 0 Å². The number of ether oxygens (including phenoxy) is 1. The summed E-state index contributed by atoms with van der Waals surface area (Å²) in [6.45, 7) is -0.112. The summed E-state index contributed by atoms with van der Waals surface area (Å²) in [5.41, 5.74) is 10.5. The molecule has 26 heavy (non-hydrogen) atoms. The Balaban J connectivity index is 1.70. The Kier molecular flexibility index (Phi) is 6.31. The first-order chi connectivity index (χ1) is 12.3. The third-order valence-electron chi connectivity index (χ3n) is 3.10. The number of nitrogens with zero attached hydrogens (tertiary/aromatic N) is 3. The zero-order valence-electron chi connectivity index (χ0n) is 13.5. The number of nitrogens with one attached hydrogen (secondary N) is 1. The lowest BCUT2D eigenvalue weighted by atomic mass is 10.2. The van der Waals surface area contributed by atoms with E-state index in [4.69, 9.17) is 16.2 Å². The topological polar surface area (TPSA) is 146 Å². The fraction of sp³-hybridized carbons (Fsp3) is 0.267. The van der Waals surface area contributed by atoms with E-state index < -0.39 is 23.5 Å². The van der Waals surface area contributed by atoms with Gasteiger partial charge in [-0.25, -0.2) is 8.78 Å². The summed E-state index contributed by atoms with van der Waals surface area (Å²) in [5.74, 6) is -3.04. The predicted molar refractivity (Wildman–Crippen MR) is 86.4 cm³/mol. The number of aromatic nitrogens is 3. The summed E-state index contributed by atoms with van der Waals surface area (Å²) < 4.78 is 31.2. The van der Waals surface area contributed by atoms with Crippen molar-refractivity contribution >= 4 is 23.8 Å². The lowest BCUT2D eigenvalue weighted by Gasteiger charge is -2.07. The van der Waals surface area contributed by atoms with E-state index in [-0.39, 0.29) is 49.3 Å². The minimum Gasteiger partial charge on any atom is -0.457 e. The van der Waals surface area contributed by atoms with Gasteiger partial charge in [0.05, 0.1) is 5.56 Å². The van der Waals surface area contributed by atoms with Gasteiger partial charge in [0.1, 0.15) is 11.6 Å². The van der Waals surface area contributed by atoms with Crippen LogP contribution < -0.4 is 16.8 Å². The van der Waals surface area contributed by atoms with E-state index in [9.17, 15) is 18.4 Å². The average Bonchev–Trinajstić information content (AvgIpc) is 2.56. The average molecular weight is 366 g/mol. The summed E-state index contributed by atoms with van der Waals surface area (Å²) in [6, 6.07) is 2.64. The summed E-state index contributed by atoms with van der Waals surface area (Å²) in [4.78, 5) is 34.5. The zero-order valence-corrected chi connectivity index (χ0v) is 13.5. The van der Waals surface area contributed by atoms with E-state index in [0.29, 0.717) is 6.07 Å². The Labute approximate surface area is 146 Å². The van der Waals surface area contributed by atoms with E-state index in [2.05, 4.69) is 20.3 Å². The van der Waals surface area contributed by atoms with Gasteiger partial charge >= 0.3 is 5.97 Å². The molecule has 0 aliphatic carbocycles. The number of hydrogen-bond acceptors (Lipinski definition) is 8. The van der Waals surface area contributed by atoms with Gasteiger partial charge in [0.2, 0.25) is 11.9 Å². The molecule has 1 aromatic carbocycles. The molecule has 5 N–H and O–H groups in total. The van der Waals surface area contributed by atoms with Crippen LogP contribution >= 0.6 is 0 Å². The van der Waals surface area contributed by atoms with E-state index >= 15 is 0 Å². The molecule has 0 saturated heterocycles. The SMILES string of the molecule is Nc1nc(N)nc(COC(=O)CCCNC(=O)c2ccc(F)cc2F)n1. The van der Waals surface area contributed by atoms with Crippen LogP contribution in [0.3, 0.4) is 0 Å². The quantitative estimate of drug-likeness (QED) is 0.476. The highest BCUT2D eigenvalue weighted by Crippen LogP contribution is 2.09. The number of hydrogen-bond donors (Lipinski definition) is 3. The number of benzene rings is 1. The predicted octanol–water partition coefficient (Wildman–Crippen LogP) is 0.568. The van der Waals surface area contributed by atoms with Gasteiger partial charge in [-0.3, -0.25) is 9.59 Å². The molecule has 0 aliphatic rings. The van der Waals surface area contributed by atoms with Crippen molar-refractivity contribution in [2.24, 2.45) is 0 Å². The van der Waals surface area contributed by atoms with Gasteiger partial charge in [-0.2, -0.15) is 15.0 Å². The molecule has 9 nitrogen and oxygen atoms in total. The molecule has 11 heteroatoms. The molecule has 2 rings (SSSR count). The Hall–Kier alpha value is -3.37. The van der Waals surface area contributed by atoms with E-state index in [1.807, 2.05) is 0 Å². The standard InChI is InChI=1S/C15H16F2N6O3/c16-8-3-4-9(10(17)6-8)13(25)20-5-1-2-12(24)26-7-11-21-14(18)23-15(19)22-11/h3-4,6H,1-2,5,7H2,(H,20,25)(H4,18,19,21,22,23). The molecule has 0 unspecified atom stereocenters. The Bertz CT molecular complexity index is 798. The van der Waals surface area contributed by atoms with Crippen LogP contribution in [0.1, 0.15) is 29.0 Å². The van der Waals surface area contributed by atoms with Gasteiger partial charge < -0.3 is 21.5 Å². The molecule has 0 aliphatic heterocycles. The molecule has 0 saturated carbocycles. The highest BCUT2D eigenvalue weighted by atomic mass is 19.1. The number of esters is 1. The van der Waals surface area contributed by atoms with Crippen molar-refractivity contribution in [2.45, 2.75) is 19.4 Å². The van der Waals surface area contributed by atoms with Crippen LogP contribution in [0.4, 0.5) is 20.7 Å². The minimum atomic E-state index is -0.960. The van der Waals surface area contributed by atoms with Gasteiger partial charge in [-0.1, -0.05) is 0 Å². The number of amides is 1. The molecule has 0 bridgehead atoms. The number of anilines is 2. The van der Waals surface area contributed by atoms with Crippen LogP contribution in [0.25, 0.3) is 0 Å². The second-order valence-corrected chi connectivity index (χ2v) is 5.11. The van der Waals surface area contributed by atoms with Gasteiger partial charge in [0.15, 0.2) is 12.4 Å². The number of nitrogens with two attached hydrogens (primary N) is 2. The maximum atomic E-state index is 13.4. The van der Waals surface area contributed by atoms with Crippen molar-refractivity contribution in [3.8, 4) is 0 Å². The van der Waals surface area contributed by atoms with Crippen LogP contribution in [-0.2, 0) is 16.1 Å². The summed E-state index contributed by atoms with van der Waals surface area (Å²) >= 11 is 0. The molecule has 2 aromatic rings. The van der Waals surface area contributed by atoms with E-state index in [1.54, 1.807) is 0 Å². The zero-order chi connectivity index (χ0) is 19.1. The fourth-order valence-corrected chi connectivity index (χ4v) is 1.94. The second-order valence-electron chi connectivity index (χ2n) is 5.11. The monoisotopic (exact) mass is 366 g/mol. The van der Waals surface area contributed by atoms with Gasteiger partial charge in [0, 0.05) is 19.0 Å². The van der Waals surface area contributed by atoms with Crippen molar-refractivity contribution in [3.63, 3.8) is 0 Å². The maximum Gasteiger partial charge on any atom is 0.306 e. The molecule has 1 heterocycles. The normalized spacial score (nSPS) is 10.4. The lowest BCUT2D eigenvalue weighted by molar-refractivity contribution is -0.145. The molecule has 0 radical (unpaired) electrons. The van der Waals surface area contributed by atoms with Gasteiger partial charge in [0.25, 0.3) is 5.91 Å². The molecule has 1 amide bonds. The lowest BCUT2D eigenvalue weighted by Crippen LogP contribution is -2.26. The molecule has 138 valence electrons. The first-order valence-electron chi connectivity index (χ1n) is 7.50. The van der Waals surface area contributed by atoms with Crippen molar-refractivity contribution in [2.75, 3.05) is 18.0 Å². The van der Waals surface area contributed by atoms with Crippen LogP contribution in [-0.4, -0.2) is 33.4 Å². The number of carbonyl (C=O) groups is 2. The van der Waals surface area contributed by atoms with Crippen molar-refractivity contribution < 1.29 is 23.1 Å². The first-order valence-corrected chi connectivity index (χ1v) is 7.50. The molecule has 1 aromatic heterocycles. The summed E-state index contributed by atoms with van der Waals surface area (Å²) in [7, 11) is 0. The van der Waals surface area contributed by atoms with Gasteiger partial charge in [-0.15, -0.1) is 0 Å². The highest BCUT2D eigenvalue weighted by molar-refractivity contribution is 5.94. The third-order valence-corrected chi connectivity index (χ3v) is 3.10. The van der Waals surface area contributed by atoms with Crippen LogP contribution in [0.15, 0.2) is 18.2 Å². The molecular weight excluding hydrogens is 350 g/mol. The largest absolute Gasteiger partial charge is 0.457 e. The molecular formula is C15H16F2N6O3. The van der Waals surface area contributed by atoms with Crippen molar-refractivity contribution in [3.05, 3.63) is 41.2 Å². The summed E-state index contributed by atoms with van der Waals surface area (Å²) in [5, 5.41) is 2.43. The van der Waals surface area contributed by atoms with E-state index in [0.717, 1.165) is 12.1 Å². The van der Waals surface area contributed by atoms with Crippen LogP contribution in [0.5, 0.6) is 0 Å². The number of halogens is 2.